The Hall–Kier alpha value is -0.566. The molecule has 0 heterocycles. The third-order valence-corrected chi connectivity index (χ3v) is 12.7. The van der Waals surface area contributed by atoms with E-state index in [1.165, 1.54) is 21.3 Å². The molecule has 156 valence electrons. The van der Waals surface area contributed by atoms with Gasteiger partial charge in [-0.1, -0.05) is 71.1 Å². The van der Waals surface area contributed by atoms with Crippen LogP contribution in [0.15, 0.2) is 33.2 Å². The van der Waals surface area contributed by atoms with Crippen LogP contribution < -0.4 is 9.96 Å². The molecule has 2 N–H and O–H groups in total. The SMILES string of the molecule is Cc1cc(Br)cc(C)c1N.Cc1cc(Br)cc(C)c1N([Si](C)(C)C)[Si](C)(C)C. The first-order valence-electron chi connectivity index (χ1n) is 9.65. The summed E-state index contributed by atoms with van der Waals surface area (Å²) in [5.74, 6) is 0. The molecule has 2 rings (SSSR count). The summed E-state index contributed by atoms with van der Waals surface area (Å²) < 4.78 is 5.08. The maximum absolute atomic E-state index is 5.73. The maximum atomic E-state index is 5.73. The first-order valence-corrected chi connectivity index (χ1v) is 18.1. The number of nitrogens with two attached hydrogens (primary N) is 1. The van der Waals surface area contributed by atoms with Crippen molar-refractivity contribution in [3.63, 3.8) is 0 Å². The summed E-state index contributed by atoms with van der Waals surface area (Å²) in [5, 5.41) is 0. The molecule has 0 aliphatic carbocycles. The third kappa shape index (κ3) is 6.75. The number of nitrogens with zero attached hydrogens (tertiary/aromatic N) is 1. The number of anilines is 2. The summed E-state index contributed by atoms with van der Waals surface area (Å²) >= 11 is 6.99. The Balaban J connectivity index is 0.000000330. The molecular formula is C22H36Br2N2Si2. The minimum absolute atomic E-state index is 0.892. The Morgan fingerprint density at radius 3 is 1.21 bits per heavy atom. The largest absolute Gasteiger partial charge is 0.424 e. The van der Waals surface area contributed by atoms with Crippen LogP contribution in [0.5, 0.6) is 0 Å². The Morgan fingerprint density at radius 2 is 0.929 bits per heavy atom. The molecule has 0 aliphatic heterocycles. The van der Waals surface area contributed by atoms with Gasteiger partial charge in [0.15, 0.2) is 0 Å². The van der Waals surface area contributed by atoms with Crippen molar-refractivity contribution in [3.8, 4) is 0 Å². The molecule has 0 spiro atoms. The molecule has 0 bridgehead atoms. The molecule has 2 nitrogen and oxygen atoms in total. The Morgan fingerprint density at radius 1 is 0.643 bits per heavy atom. The number of aryl methyl sites for hydroxylation is 4. The zero-order valence-electron chi connectivity index (χ0n) is 19.1. The van der Waals surface area contributed by atoms with Gasteiger partial charge in [0.05, 0.1) is 0 Å². The van der Waals surface area contributed by atoms with Gasteiger partial charge in [0.1, 0.15) is 16.5 Å². The molecule has 2 aromatic rings. The van der Waals surface area contributed by atoms with E-state index in [9.17, 15) is 0 Å². The third-order valence-electron chi connectivity index (χ3n) is 4.58. The van der Waals surface area contributed by atoms with Crippen molar-refractivity contribution in [1.29, 1.82) is 0 Å². The second-order valence-electron chi connectivity index (χ2n) is 9.52. The smallest absolute Gasteiger partial charge is 0.138 e. The maximum Gasteiger partial charge on any atom is 0.138 e. The fourth-order valence-electron chi connectivity index (χ4n) is 3.85. The highest BCUT2D eigenvalue weighted by Gasteiger charge is 2.36. The summed E-state index contributed by atoms with van der Waals surface area (Å²) in [6, 6.07) is 8.52. The first kappa shape index (κ1) is 25.5. The lowest BCUT2D eigenvalue weighted by Gasteiger charge is -2.47. The molecule has 0 fully saturated rings. The molecule has 0 aliphatic rings. The van der Waals surface area contributed by atoms with E-state index in [4.69, 9.17) is 5.73 Å². The number of nitrogen functional groups attached to an aromatic ring is 1. The zero-order valence-corrected chi connectivity index (χ0v) is 24.3. The fraction of sp³-hybridized carbons (Fsp3) is 0.455. The zero-order chi connectivity index (χ0) is 22.0. The van der Waals surface area contributed by atoms with Crippen molar-refractivity contribution in [2.24, 2.45) is 0 Å². The van der Waals surface area contributed by atoms with E-state index in [0.717, 1.165) is 21.3 Å². The van der Waals surface area contributed by atoms with Gasteiger partial charge >= 0.3 is 0 Å². The van der Waals surface area contributed by atoms with Crippen LogP contribution in [0.3, 0.4) is 0 Å². The molecule has 2 aromatic carbocycles. The van der Waals surface area contributed by atoms with Gasteiger partial charge in [-0.15, -0.1) is 0 Å². The normalized spacial score (nSPS) is 11.7. The predicted octanol–water partition coefficient (Wildman–Crippen LogP) is 8.19. The average Bonchev–Trinajstić information content (AvgIpc) is 2.46. The van der Waals surface area contributed by atoms with E-state index in [1.807, 2.05) is 26.0 Å². The lowest BCUT2D eigenvalue weighted by molar-refractivity contribution is 1.26. The van der Waals surface area contributed by atoms with E-state index >= 15 is 0 Å². The predicted molar refractivity (Wildman–Crippen MR) is 141 cm³/mol. The van der Waals surface area contributed by atoms with Crippen LogP contribution >= 0.6 is 31.9 Å². The van der Waals surface area contributed by atoms with Gasteiger partial charge in [-0.25, -0.2) is 0 Å². The van der Waals surface area contributed by atoms with Gasteiger partial charge in [-0.3, -0.25) is 0 Å². The van der Waals surface area contributed by atoms with Crippen molar-refractivity contribution in [3.05, 3.63) is 55.5 Å². The summed E-state index contributed by atoms with van der Waals surface area (Å²) in [4.78, 5) is 0. The van der Waals surface area contributed by atoms with Gasteiger partial charge in [0, 0.05) is 20.3 Å². The highest BCUT2D eigenvalue weighted by Crippen LogP contribution is 2.35. The molecule has 0 radical (unpaired) electrons. The Labute approximate surface area is 191 Å². The summed E-state index contributed by atoms with van der Waals surface area (Å²) in [7, 11) is -2.73. The second kappa shape index (κ2) is 9.50. The summed E-state index contributed by atoms with van der Waals surface area (Å²) in [6.07, 6.45) is 0. The Kier molecular flexibility index (Phi) is 8.64. The van der Waals surface area contributed by atoms with Crippen LogP contribution in [0.1, 0.15) is 22.3 Å². The van der Waals surface area contributed by atoms with Crippen molar-refractivity contribution in [2.45, 2.75) is 67.0 Å². The number of benzene rings is 2. The number of hydrogen-bond donors (Lipinski definition) is 1. The van der Waals surface area contributed by atoms with E-state index in [0.29, 0.717) is 0 Å². The van der Waals surface area contributed by atoms with Crippen molar-refractivity contribution >= 4 is 59.7 Å². The van der Waals surface area contributed by atoms with Gasteiger partial charge in [-0.05, 0) is 74.2 Å². The molecule has 0 amide bonds. The molecule has 0 saturated heterocycles. The topological polar surface area (TPSA) is 29.3 Å². The highest BCUT2D eigenvalue weighted by molar-refractivity contribution is 9.10. The molecule has 0 unspecified atom stereocenters. The van der Waals surface area contributed by atoms with E-state index < -0.39 is 16.5 Å². The lowest BCUT2D eigenvalue weighted by Crippen LogP contribution is -2.60. The molecular weight excluding hydrogens is 508 g/mol. The Bertz CT molecular complexity index is 777. The van der Waals surface area contributed by atoms with Crippen LogP contribution in [-0.2, 0) is 0 Å². The number of halogens is 2. The van der Waals surface area contributed by atoms with Gasteiger partial charge < -0.3 is 9.96 Å². The van der Waals surface area contributed by atoms with Crippen LogP contribution in [0, 0.1) is 27.7 Å². The average molecular weight is 545 g/mol. The molecule has 28 heavy (non-hydrogen) atoms. The molecule has 0 atom stereocenters. The van der Waals surface area contributed by atoms with Crippen LogP contribution in [0.2, 0.25) is 39.3 Å². The van der Waals surface area contributed by atoms with E-state index in [-0.39, 0.29) is 0 Å². The fourth-order valence-corrected chi connectivity index (χ4v) is 15.3. The number of rotatable bonds is 3. The quantitative estimate of drug-likeness (QED) is 0.312. The lowest BCUT2D eigenvalue weighted by atomic mass is 10.1. The van der Waals surface area contributed by atoms with Crippen LogP contribution in [0.4, 0.5) is 11.4 Å². The number of hydrogen-bond acceptors (Lipinski definition) is 2. The molecule has 6 heteroatoms. The van der Waals surface area contributed by atoms with E-state index in [1.54, 1.807) is 0 Å². The summed E-state index contributed by atoms with van der Waals surface area (Å²) in [5.41, 5.74) is 13.2. The van der Waals surface area contributed by atoms with Crippen molar-refractivity contribution in [1.82, 2.24) is 0 Å². The van der Waals surface area contributed by atoms with Gasteiger partial charge in [0.2, 0.25) is 0 Å². The monoisotopic (exact) mass is 542 g/mol. The molecule has 0 saturated carbocycles. The molecule has 0 aromatic heterocycles. The van der Waals surface area contributed by atoms with Crippen molar-refractivity contribution in [2.75, 3.05) is 9.96 Å². The minimum atomic E-state index is -1.36. The van der Waals surface area contributed by atoms with E-state index in [2.05, 4.69) is 101 Å². The van der Waals surface area contributed by atoms with Gasteiger partial charge in [-0.2, -0.15) is 0 Å². The first-order chi connectivity index (χ1) is 12.6. The van der Waals surface area contributed by atoms with Gasteiger partial charge in [0.25, 0.3) is 0 Å². The van der Waals surface area contributed by atoms with Crippen LogP contribution in [-0.4, -0.2) is 16.5 Å². The van der Waals surface area contributed by atoms with Crippen molar-refractivity contribution < 1.29 is 0 Å². The second-order valence-corrected chi connectivity index (χ2v) is 21.4. The van der Waals surface area contributed by atoms with Crippen LogP contribution in [0.25, 0.3) is 0 Å². The standard InChI is InChI=1S/C14H26BrNSi2.C8H10BrN/c1-11-9-13(15)10-12(2)14(11)16(17(3,4)5)18(6,7)8;1-5-3-7(9)4-6(2)8(5)10/h9-10H,1-8H3;3-4H,10H2,1-2H3. The minimum Gasteiger partial charge on any atom is -0.424 e. The highest BCUT2D eigenvalue weighted by atomic mass is 79.9. The summed E-state index contributed by atoms with van der Waals surface area (Å²) in [6.45, 7) is 23.2.